The fraction of sp³-hybridized carbons (Fsp3) is 0.739. The number of hydrogen-bond donors (Lipinski definition) is 2. The first-order chi connectivity index (χ1) is 15.2. The number of guanidine groups is 1. The Morgan fingerprint density at radius 3 is 2.47 bits per heavy atom. The van der Waals surface area contributed by atoms with Crippen LogP contribution < -0.4 is 10.6 Å². The molecular formula is C23H39IN6OS. The van der Waals surface area contributed by atoms with Crippen molar-refractivity contribution in [1.29, 1.82) is 0 Å². The van der Waals surface area contributed by atoms with Crippen LogP contribution in [0.4, 0.5) is 0 Å². The molecule has 2 N–H and O–H groups in total. The number of nitrogens with zero attached hydrogens (tertiary/aromatic N) is 4. The number of hydrogen-bond acceptors (Lipinski definition) is 5. The maximum absolute atomic E-state index is 12.4. The van der Waals surface area contributed by atoms with Gasteiger partial charge in [0, 0.05) is 63.7 Å². The average Bonchev–Trinajstić information content (AvgIpc) is 3.47. The molecule has 4 rings (SSSR count). The largest absolute Gasteiger partial charge is 0.355 e. The highest BCUT2D eigenvalue weighted by Gasteiger charge is 2.31. The topological polar surface area (TPSA) is 63.2 Å². The fourth-order valence-electron chi connectivity index (χ4n) is 4.80. The Kier molecular flexibility index (Phi) is 10.5. The summed E-state index contributed by atoms with van der Waals surface area (Å²) in [6.07, 6.45) is 6.02. The van der Waals surface area contributed by atoms with Crippen LogP contribution in [0, 0.1) is 5.92 Å². The molecule has 1 aliphatic carbocycles. The van der Waals surface area contributed by atoms with Gasteiger partial charge in [-0.2, -0.15) is 0 Å². The van der Waals surface area contributed by atoms with Gasteiger partial charge in [-0.25, -0.2) is 0 Å². The van der Waals surface area contributed by atoms with E-state index in [-0.39, 0.29) is 24.0 Å². The van der Waals surface area contributed by atoms with E-state index in [9.17, 15) is 4.79 Å². The lowest BCUT2D eigenvalue weighted by Gasteiger charge is -2.38. The van der Waals surface area contributed by atoms with Crippen molar-refractivity contribution in [1.82, 2.24) is 25.3 Å². The van der Waals surface area contributed by atoms with Crippen molar-refractivity contribution in [2.24, 2.45) is 10.9 Å². The Morgan fingerprint density at radius 1 is 1.12 bits per heavy atom. The predicted octanol–water partition coefficient (Wildman–Crippen LogP) is 2.61. The van der Waals surface area contributed by atoms with E-state index >= 15 is 0 Å². The molecule has 1 amide bonds. The molecule has 180 valence electrons. The molecule has 7 nitrogen and oxygen atoms in total. The van der Waals surface area contributed by atoms with E-state index in [0.29, 0.717) is 17.9 Å². The first-order valence-corrected chi connectivity index (χ1v) is 12.9. The van der Waals surface area contributed by atoms with Gasteiger partial charge in [0.1, 0.15) is 0 Å². The van der Waals surface area contributed by atoms with E-state index in [4.69, 9.17) is 0 Å². The zero-order chi connectivity index (χ0) is 21.5. The number of rotatable bonds is 8. The van der Waals surface area contributed by atoms with E-state index in [1.54, 1.807) is 0 Å². The minimum absolute atomic E-state index is 0. The molecule has 0 radical (unpaired) electrons. The van der Waals surface area contributed by atoms with Gasteiger partial charge in [0.15, 0.2) is 5.96 Å². The van der Waals surface area contributed by atoms with Crippen LogP contribution in [0.25, 0.3) is 0 Å². The van der Waals surface area contributed by atoms with Crippen molar-refractivity contribution in [3.05, 3.63) is 22.4 Å². The van der Waals surface area contributed by atoms with E-state index in [0.717, 1.165) is 64.6 Å². The number of nitrogens with one attached hydrogen (secondary N) is 2. The second-order valence-electron chi connectivity index (χ2n) is 8.95. The molecule has 0 aromatic carbocycles. The molecule has 2 aliphatic heterocycles. The zero-order valence-corrected chi connectivity index (χ0v) is 22.4. The van der Waals surface area contributed by atoms with Crippen molar-refractivity contribution in [2.45, 2.75) is 38.1 Å². The molecular weight excluding hydrogens is 535 g/mol. The summed E-state index contributed by atoms with van der Waals surface area (Å²) >= 11 is 1.85. The molecule has 32 heavy (non-hydrogen) atoms. The van der Waals surface area contributed by atoms with E-state index in [1.165, 1.54) is 37.2 Å². The molecule has 3 fully saturated rings. The van der Waals surface area contributed by atoms with Crippen LogP contribution in [0.5, 0.6) is 0 Å². The molecule has 0 spiro atoms. The number of thiophene rings is 1. The van der Waals surface area contributed by atoms with Crippen molar-refractivity contribution >= 4 is 47.2 Å². The standard InChI is InChI=1S/C23H38N6OS.HI/c1-24-23(26-18-20(21-8-5-17-31-21)28-10-2-3-11-28)25-9-12-27-13-15-29(16-14-27)22(30)19-6-4-7-19;/h5,8,17,19-20H,2-4,6-7,9-16,18H2,1H3,(H2,24,25,26);1H. The Hall–Kier alpha value is -0.910. The second-order valence-corrected chi connectivity index (χ2v) is 9.93. The predicted molar refractivity (Wildman–Crippen MR) is 143 cm³/mol. The third-order valence-corrected chi connectivity index (χ3v) is 7.97. The Labute approximate surface area is 214 Å². The number of carbonyl (C=O) groups is 1. The van der Waals surface area contributed by atoms with E-state index in [2.05, 4.69) is 47.8 Å². The number of halogens is 1. The zero-order valence-electron chi connectivity index (χ0n) is 19.3. The molecule has 3 aliphatic rings. The normalized spacial score (nSPS) is 21.7. The third-order valence-electron chi connectivity index (χ3n) is 7.00. The number of likely N-dealkylation sites (tertiary alicyclic amines) is 1. The highest BCUT2D eigenvalue weighted by atomic mass is 127. The van der Waals surface area contributed by atoms with E-state index in [1.807, 2.05) is 18.4 Å². The van der Waals surface area contributed by atoms with Gasteiger partial charge in [0.2, 0.25) is 5.91 Å². The molecule has 9 heteroatoms. The number of piperazine rings is 1. The van der Waals surface area contributed by atoms with Crippen molar-refractivity contribution < 1.29 is 4.79 Å². The monoisotopic (exact) mass is 574 g/mol. The van der Waals surface area contributed by atoms with Gasteiger partial charge in [-0.15, -0.1) is 35.3 Å². The van der Waals surface area contributed by atoms with Gasteiger partial charge in [0.05, 0.1) is 6.04 Å². The van der Waals surface area contributed by atoms with Crippen LogP contribution in [0.2, 0.25) is 0 Å². The second kappa shape index (κ2) is 13.1. The van der Waals surface area contributed by atoms with Crippen LogP contribution in [-0.2, 0) is 4.79 Å². The van der Waals surface area contributed by atoms with Gasteiger partial charge in [0.25, 0.3) is 0 Å². The Bertz CT molecular complexity index is 712. The Balaban J connectivity index is 0.00000289. The molecule has 1 aromatic heterocycles. The third kappa shape index (κ3) is 6.80. The smallest absolute Gasteiger partial charge is 0.225 e. The summed E-state index contributed by atoms with van der Waals surface area (Å²) in [5, 5.41) is 9.20. The average molecular weight is 575 g/mol. The molecule has 1 atom stereocenters. The van der Waals surface area contributed by atoms with Crippen LogP contribution in [0.3, 0.4) is 0 Å². The maximum Gasteiger partial charge on any atom is 0.225 e. The van der Waals surface area contributed by atoms with Crippen molar-refractivity contribution in [3.63, 3.8) is 0 Å². The summed E-state index contributed by atoms with van der Waals surface area (Å²) in [6, 6.07) is 4.82. The lowest BCUT2D eigenvalue weighted by atomic mass is 9.84. The highest BCUT2D eigenvalue weighted by Crippen LogP contribution is 2.29. The molecule has 1 aromatic rings. The summed E-state index contributed by atoms with van der Waals surface area (Å²) in [5.74, 6) is 1.59. The summed E-state index contributed by atoms with van der Waals surface area (Å²) < 4.78 is 0. The molecule has 1 saturated carbocycles. The van der Waals surface area contributed by atoms with Gasteiger partial charge < -0.3 is 15.5 Å². The SMILES string of the molecule is CN=C(NCCN1CCN(C(=O)C2CCC2)CC1)NCC(c1cccs1)N1CCCC1.I. The minimum atomic E-state index is 0. The number of aliphatic imine (C=N–C) groups is 1. The first kappa shape index (κ1) is 25.7. The maximum atomic E-state index is 12.4. The molecule has 1 unspecified atom stereocenters. The van der Waals surface area contributed by atoms with Gasteiger partial charge >= 0.3 is 0 Å². The first-order valence-electron chi connectivity index (χ1n) is 12.0. The minimum Gasteiger partial charge on any atom is -0.355 e. The molecule has 2 saturated heterocycles. The number of amides is 1. The van der Waals surface area contributed by atoms with Gasteiger partial charge in [-0.1, -0.05) is 12.5 Å². The summed E-state index contributed by atoms with van der Waals surface area (Å²) in [4.78, 5) is 25.4. The Morgan fingerprint density at radius 2 is 1.88 bits per heavy atom. The van der Waals surface area contributed by atoms with Crippen LogP contribution >= 0.6 is 35.3 Å². The lowest BCUT2D eigenvalue weighted by molar-refractivity contribution is -0.139. The van der Waals surface area contributed by atoms with Gasteiger partial charge in [-0.05, 0) is 50.2 Å². The lowest BCUT2D eigenvalue weighted by Crippen LogP contribution is -2.52. The van der Waals surface area contributed by atoms with Crippen molar-refractivity contribution in [3.8, 4) is 0 Å². The number of carbonyl (C=O) groups excluding carboxylic acids is 1. The summed E-state index contributed by atoms with van der Waals surface area (Å²) in [5.41, 5.74) is 0. The van der Waals surface area contributed by atoms with Crippen molar-refractivity contribution in [2.75, 3.05) is 66.0 Å². The summed E-state index contributed by atoms with van der Waals surface area (Å²) in [6.45, 7) is 8.79. The highest BCUT2D eigenvalue weighted by molar-refractivity contribution is 14.0. The summed E-state index contributed by atoms with van der Waals surface area (Å²) in [7, 11) is 1.84. The molecule has 0 bridgehead atoms. The quantitative estimate of drug-likeness (QED) is 0.284. The fourth-order valence-corrected chi connectivity index (χ4v) is 5.66. The van der Waals surface area contributed by atoms with Crippen LogP contribution in [0.15, 0.2) is 22.5 Å². The molecule has 3 heterocycles. The van der Waals surface area contributed by atoms with Crippen LogP contribution in [-0.4, -0.2) is 92.5 Å². The van der Waals surface area contributed by atoms with Crippen LogP contribution in [0.1, 0.15) is 43.0 Å². The van der Waals surface area contributed by atoms with E-state index < -0.39 is 0 Å². The van der Waals surface area contributed by atoms with Gasteiger partial charge in [-0.3, -0.25) is 19.6 Å².